The van der Waals surface area contributed by atoms with Crippen LogP contribution < -0.4 is 5.73 Å². The highest BCUT2D eigenvalue weighted by Gasteiger charge is 2.37. The fourth-order valence-electron chi connectivity index (χ4n) is 3.34. The van der Waals surface area contributed by atoms with Gasteiger partial charge in [-0.15, -0.1) is 0 Å². The lowest BCUT2D eigenvalue weighted by atomic mass is 9.97. The molecule has 0 aromatic heterocycles. The standard InChI is InChI=1S/C20H24N2O2/c1-14-13-24-19(17-6-4-3-5-7-17)15(2)22(14)20(23)18-10-8-16(12-21)9-11-18/h3-11,14-15,19H,12-13,21H2,1-2H3/t14-,15-,19-/m1/s1. The molecule has 0 spiro atoms. The smallest absolute Gasteiger partial charge is 0.254 e. The van der Waals surface area contributed by atoms with E-state index in [4.69, 9.17) is 10.5 Å². The summed E-state index contributed by atoms with van der Waals surface area (Å²) in [5.41, 5.74) is 8.46. The minimum Gasteiger partial charge on any atom is -0.369 e. The van der Waals surface area contributed by atoms with Gasteiger partial charge in [0.1, 0.15) is 6.10 Å². The fourth-order valence-corrected chi connectivity index (χ4v) is 3.34. The van der Waals surface area contributed by atoms with E-state index in [-0.39, 0.29) is 24.1 Å². The number of carbonyl (C=O) groups is 1. The fraction of sp³-hybridized carbons (Fsp3) is 0.350. The highest BCUT2D eigenvalue weighted by atomic mass is 16.5. The molecule has 1 aliphatic heterocycles. The number of ether oxygens (including phenoxy) is 1. The minimum absolute atomic E-state index is 0.0298. The molecule has 2 aromatic rings. The molecule has 4 nitrogen and oxygen atoms in total. The normalized spacial score (nSPS) is 24.0. The largest absolute Gasteiger partial charge is 0.369 e. The molecule has 1 amide bonds. The molecule has 1 fully saturated rings. The van der Waals surface area contributed by atoms with E-state index in [9.17, 15) is 4.79 Å². The number of nitrogens with zero attached hydrogens (tertiary/aromatic N) is 1. The lowest BCUT2D eigenvalue weighted by Crippen LogP contribution is -2.53. The van der Waals surface area contributed by atoms with Gasteiger partial charge in [-0.3, -0.25) is 4.79 Å². The van der Waals surface area contributed by atoms with Gasteiger partial charge in [-0.05, 0) is 37.1 Å². The summed E-state index contributed by atoms with van der Waals surface area (Å²) in [7, 11) is 0. The molecule has 3 rings (SSSR count). The maximum atomic E-state index is 13.0. The van der Waals surface area contributed by atoms with Crippen molar-refractivity contribution in [2.45, 2.75) is 38.6 Å². The molecule has 2 aromatic carbocycles. The van der Waals surface area contributed by atoms with Gasteiger partial charge in [-0.1, -0.05) is 42.5 Å². The van der Waals surface area contributed by atoms with Crippen LogP contribution in [0.1, 0.15) is 41.4 Å². The summed E-state index contributed by atoms with van der Waals surface area (Å²) < 4.78 is 6.03. The first kappa shape index (κ1) is 16.7. The Balaban J connectivity index is 1.85. The Morgan fingerprint density at radius 1 is 1.12 bits per heavy atom. The van der Waals surface area contributed by atoms with Crippen LogP contribution in [0.2, 0.25) is 0 Å². The SMILES string of the molecule is C[C@@H]1CO[C@@H](c2ccccc2)[C@@H](C)N1C(=O)c1ccc(CN)cc1. The monoisotopic (exact) mass is 324 g/mol. The second-order valence-electron chi connectivity index (χ2n) is 6.37. The predicted octanol–water partition coefficient (Wildman–Crippen LogP) is 3.14. The zero-order valence-electron chi connectivity index (χ0n) is 14.2. The van der Waals surface area contributed by atoms with Crippen molar-refractivity contribution in [3.63, 3.8) is 0 Å². The van der Waals surface area contributed by atoms with E-state index in [1.807, 2.05) is 54.3 Å². The van der Waals surface area contributed by atoms with Crippen LogP contribution in [0.15, 0.2) is 54.6 Å². The van der Waals surface area contributed by atoms with E-state index in [1.165, 1.54) is 0 Å². The van der Waals surface area contributed by atoms with Crippen LogP contribution >= 0.6 is 0 Å². The molecule has 2 N–H and O–H groups in total. The second-order valence-corrected chi connectivity index (χ2v) is 6.37. The average molecular weight is 324 g/mol. The van der Waals surface area contributed by atoms with Gasteiger partial charge < -0.3 is 15.4 Å². The third-order valence-corrected chi connectivity index (χ3v) is 4.67. The molecule has 24 heavy (non-hydrogen) atoms. The van der Waals surface area contributed by atoms with Gasteiger partial charge >= 0.3 is 0 Å². The molecule has 0 saturated carbocycles. The Bertz CT molecular complexity index is 685. The highest BCUT2D eigenvalue weighted by Crippen LogP contribution is 2.31. The van der Waals surface area contributed by atoms with Crippen molar-refractivity contribution in [2.24, 2.45) is 5.73 Å². The van der Waals surface area contributed by atoms with Gasteiger partial charge in [0.25, 0.3) is 5.91 Å². The molecular formula is C20H24N2O2. The quantitative estimate of drug-likeness (QED) is 0.943. The van der Waals surface area contributed by atoms with Crippen molar-refractivity contribution in [1.29, 1.82) is 0 Å². The van der Waals surface area contributed by atoms with Crippen molar-refractivity contribution < 1.29 is 9.53 Å². The Morgan fingerprint density at radius 2 is 1.79 bits per heavy atom. The van der Waals surface area contributed by atoms with Gasteiger partial charge in [0.05, 0.1) is 18.7 Å². The van der Waals surface area contributed by atoms with Crippen LogP contribution in [-0.2, 0) is 11.3 Å². The van der Waals surface area contributed by atoms with E-state index in [1.54, 1.807) is 0 Å². The zero-order valence-corrected chi connectivity index (χ0v) is 14.2. The Labute approximate surface area is 143 Å². The first-order valence-corrected chi connectivity index (χ1v) is 8.40. The maximum Gasteiger partial charge on any atom is 0.254 e. The summed E-state index contributed by atoms with van der Waals surface area (Å²) in [5.74, 6) is 0.0443. The van der Waals surface area contributed by atoms with E-state index < -0.39 is 0 Å². The maximum absolute atomic E-state index is 13.0. The number of amides is 1. The molecule has 4 heteroatoms. The van der Waals surface area contributed by atoms with Crippen LogP contribution in [-0.4, -0.2) is 29.5 Å². The van der Waals surface area contributed by atoms with Crippen LogP contribution in [0, 0.1) is 0 Å². The molecule has 0 aliphatic carbocycles. The van der Waals surface area contributed by atoms with Gasteiger partial charge in [0.2, 0.25) is 0 Å². The summed E-state index contributed by atoms with van der Waals surface area (Å²) in [6.07, 6.45) is -0.102. The first-order chi connectivity index (χ1) is 11.6. The zero-order chi connectivity index (χ0) is 17.1. The Morgan fingerprint density at radius 3 is 2.42 bits per heavy atom. The van der Waals surface area contributed by atoms with Gasteiger partial charge in [-0.2, -0.15) is 0 Å². The van der Waals surface area contributed by atoms with Gasteiger partial charge in [0.15, 0.2) is 0 Å². The topological polar surface area (TPSA) is 55.6 Å². The van der Waals surface area contributed by atoms with E-state index in [0.29, 0.717) is 18.7 Å². The van der Waals surface area contributed by atoms with Crippen LogP contribution in [0.3, 0.4) is 0 Å². The number of carbonyl (C=O) groups excluding carboxylic acids is 1. The molecule has 1 aliphatic rings. The molecule has 0 bridgehead atoms. The predicted molar refractivity (Wildman–Crippen MR) is 94.6 cm³/mol. The summed E-state index contributed by atoms with van der Waals surface area (Å²) in [4.78, 5) is 15.0. The number of morpholine rings is 1. The van der Waals surface area contributed by atoms with Crippen molar-refractivity contribution in [3.8, 4) is 0 Å². The van der Waals surface area contributed by atoms with Gasteiger partial charge in [-0.25, -0.2) is 0 Å². The highest BCUT2D eigenvalue weighted by molar-refractivity contribution is 5.94. The Kier molecular flexibility index (Phi) is 4.97. The van der Waals surface area contributed by atoms with Crippen LogP contribution in [0.25, 0.3) is 0 Å². The number of hydrogen-bond acceptors (Lipinski definition) is 3. The molecule has 0 unspecified atom stereocenters. The molecule has 1 saturated heterocycles. The minimum atomic E-state index is -0.102. The number of hydrogen-bond donors (Lipinski definition) is 1. The summed E-state index contributed by atoms with van der Waals surface area (Å²) >= 11 is 0. The third kappa shape index (κ3) is 3.21. The van der Waals surface area contributed by atoms with Crippen molar-refractivity contribution in [2.75, 3.05) is 6.61 Å². The first-order valence-electron chi connectivity index (χ1n) is 8.40. The van der Waals surface area contributed by atoms with Crippen molar-refractivity contribution >= 4 is 5.91 Å². The summed E-state index contributed by atoms with van der Waals surface area (Å²) in [6, 6.07) is 17.7. The second kappa shape index (κ2) is 7.16. The van der Waals surface area contributed by atoms with Crippen molar-refractivity contribution in [1.82, 2.24) is 4.90 Å². The van der Waals surface area contributed by atoms with E-state index in [2.05, 4.69) is 19.1 Å². The van der Waals surface area contributed by atoms with Crippen molar-refractivity contribution in [3.05, 3.63) is 71.3 Å². The average Bonchev–Trinajstić information content (AvgIpc) is 2.62. The molecule has 3 atom stereocenters. The number of rotatable bonds is 3. The van der Waals surface area contributed by atoms with Crippen LogP contribution in [0.5, 0.6) is 0 Å². The molecule has 1 heterocycles. The third-order valence-electron chi connectivity index (χ3n) is 4.67. The van der Waals surface area contributed by atoms with Gasteiger partial charge in [0, 0.05) is 12.1 Å². The summed E-state index contributed by atoms with van der Waals surface area (Å²) in [6.45, 7) is 5.11. The van der Waals surface area contributed by atoms with E-state index >= 15 is 0 Å². The molecular weight excluding hydrogens is 300 g/mol. The lowest BCUT2D eigenvalue weighted by molar-refractivity contribution is -0.0806. The lowest BCUT2D eigenvalue weighted by Gasteiger charge is -2.44. The number of nitrogens with two attached hydrogens (primary N) is 1. The molecule has 126 valence electrons. The van der Waals surface area contributed by atoms with E-state index in [0.717, 1.165) is 11.1 Å². The Hall–Kier alpha value is -2.17. The molecule has 0 radical (unpaired) electrons. The van der Waals surface area contributed by atoms with Crippen LogP contribution in [0.4, 0.5) is 0 Å². The number of benzene rings is 2. The summed E-state index contributed by atoms with van der Waals surface area (Å²) in [5, 5.41) is 0.